The van der Waals surface area contributed by atoms with Gasteiger partial charge in [0.15, 0.2) is 0 Å². The molecule has 0 nitrogen and oxygen atoms in total. The lowest BCUT2D eigenvalue weighted by Crippen LogP contribution is -2.38. The summed E-state index contributed by atoms with van der Waals surface area (Å²) >= 11 is 0. The largest absolute Gasteiger partial charge is 0.0785 e. The van der Waals surface area contributed by atoms with Gasteiger partial charge in [-0.25, -0.2) is 0 Å². The van der Waals surface area contributed by atoms with E-state index in [-0.39, 0.29) is 0 Å². The van der Waals surface area contributed by atoms with Gasteiger partial charge in [0.2, 0.25) is 0 Å². The molecule has 0 saturated heterocycles. The normalized spacial score (nSPS) is 41.6. The van der Waals surface area contributed by atoms with Crippen LogP contribution in [0.5, 0.6) is 0 Å². The maximum absolute atomic E-state index is 2.52. The molecule has 68 valence electrons. The van der Waals surface area contributed by atoms with Crippen molar-refractivity contribution in [1.29, 1.82) is 0 Å². The van der Waals surface area contributed by atoms with Crippen molar-refractivity contribution in [3.63, 3.8) is 0 Å². The smallest absolute Gasteiger partial charge is 0.00825 e. The highest BCUT2D eigenvalue weighted by atomic mass is 14.6. The lowest BCUT2D eigenvalue weighted by atomic mass is 9.59. The zero-order valence-corrected chi connectivity index (χ0v) is 8.99. The quantitative estimate of drug-likeness (QED) is 0.478. The Morgan fingerprint density at radius 2 is 1.67 bits per heavy atom. The maximum Gasteiger partial charge on any atom is -0.00825 e. The van der Waals surface area contributed by atoms with Gasteiger partial charge in [-0.15, -0.1) is 0 Å². The molecule has 0 amide bonds. The van der Waals surface area contributed by atoms with E-state index in [0.717, 1.165) is 0 Å². The van der Waals surface area contributed by atoms with Gasteiger partial charge >= 0.3 is 0 Å². The van der Waals surface area contributed by atoms with E-state index in [9.17, 15) is 0 Å². The molecule has 2 bridgehead atoms. The van der Waals surface area contributed by atoms with E-state index < -0.39 is 0 Å². The molecule has 0 aromatic rings. The molecule has 0 aromatic carbocycles. The van der Waals surface area contributed by atoms with E-state index in [1.807, 2.05) is 0 Å². The summed E-state index contributed by atoms with van der Waals surface area (Å²) in [6.07, 6.45) is 5.25. The standard InChI is InChI=1S/C12H20/c1-10(2)8-9-6-7-12(10,5)11(9,3)4/h8H,6-7H2,1-5H3. The number of allylic oxidation sites excluding steroid dienone is 2. The summed E-state index contributed by atoms with van der Waals surface area (Å²) in [6.45, 7) is 12.1. The van der Waals surface area contributed by atoms with Crippen LogP contribution in [0.1, 0.15) is 47.5 Å². The Morgan fingerprint density at radius 1 is 1.08 bits per heavy atom. The van der Waals surface area contributed by atoms with Crippen molar-refractivity contribution >= 4 is 0 Å². The minimum absolute atomic E-state index is 0.421. The summed E-state index contributed by atoms with van der Waals surface area (Å²) in [4.78, 5) is 0. The van der Waals surface area contributed by atoms with Crippen molar-refractivity contribution in [1.82, 2.24) is 0 Å². The molecule has 0 aliphatic heterocycles. The maximum atomic E-state index is 2.52. The third-order valence-electron chi connectivity index (χ3n) is 5.03. The first-order valence-corrected chi connectivity index (χ1v) is 5.03. The zero-order chi connectivity index (χ0) is 9.20. The molecule has 1 fully saturated rings. The van der Waals surface area contributed by atoms with Crippen LogP contribution in [0.25, 0.3) is 0 Å². The van der Waals surface area contributed by atoms with Crippen molar-refractivity contribution in [3.05, 3.63) is 11.6 Å². The van der Waals surface area contributed by atoms with Crippen molar-refractivity contribution in [3.8, 4) is 0 Å². The number of rotatable bonds is 0. The predicted molar refractivity (Wildman–Crippen MR) is 53.0 cm³/mol. The minimum atomic E-state index is 0.421. The third-order valence-corrected chi connectivity index (χ3v) is 5.03. The number of hydrogen-bond donors (Lipinski definition) is 0. The lowest BCUT2D eigenvalue weighted by Gasteiger charge is -2.44. The molecule has 1 saturated carbocycles. The van der Waals surface area contributed by atoms with Crippen LogP contribution in [-0.4, -0.2) is 0 Å². The van der Waals surface area contributed by atoms with E-state index in [2.05, 4.69) is 40.7 Å². The molecular weight excluding hydrogens is 144 g/mol. The van der Waals surface area contributed by atoms with E-state index in [1.165, 1.54) is 12.8 Å². The fourth-order valence-electron chi connectivity index (χ4n) is 3.34. The van der Waals surface area contributed by atoms with Crippen LogP contribution >= 0.6 is 0 Å². The Kier molecular flexibility index (Phi) is 1.26. The first-order chi connectivity index (χ1) is 5.31. The summed E-state index contributed by atoms with van der Waals surface area (Å²) in [5.41, 5.74) is 3.09. The van der Waals surface area contributed by atoms with Gasteiger partial charge in [0.25, 0.3) is 0 Å². The summed E-state index contributed by atoms with van der Waals surface area (Å²) in [5.74, 6) is 0. The second-order valence-corrected chi connectivity index (χ2v) is 5.85. The molecule has 0 spiro atoms. The monoisotopic (exact) mass is 164 g/mol. The topological polar surface area (TPSA) is 0 Å². The van der Waals surface area contributed by atoms with E-state index >= 15 is 0 Å². The zero-order valence-electron chi connectivity index (χ0n) is 8.99. The van der Waals surface area contributed by atoms with E-state index in [0.29, 0.717) is 16.2 Å². The number of fused-ring (bicyclic) bond motifs is 2. The molecule has 0 heteroatoms. The van der Waals surface area contributed by atoms with Gasteiger partial charge < -0.3 is 0 Å². The second kappa shape index (κ2) is 1.81. The van der Waals surface area contributed by atoms with Crippen LogP contribution < -0.4 is 0 Å². The van der Waals surface area contributed by atoms with E-state index in [1.54, 1.807) is 5.57 Å². The Balaban J connectivity index is 2.58. The highest BCUT2D eigenvalue weighted by Gasteiger charge is 2.60. The summed E-state index contributed by atoms with van der Waals surface area (Å²) in [6, 6.07) is 0. The van der Waals surface area contributed by atoms with Gasteiger partial charge in [-0.1, -0.05) is 46.3 Å². The Hall–Kier alpha value is -0.260. The van der Waals surface area contributed by atoms with Crippen LogP contribution in [-0.2, 0) is 0 Å². The SMILES string of the molecule is CC1(C)C=C2CCC1(C)C2(C)C. The Labute approximate surface area is 76.1 Å². The number of hydrogen-bond acceptors (Lipinski definition) is 0. The second-order valence-electron chi connectivity index (χ2n) is 5.85. The van der Waals surface area contributed by atoms with Gasteiger partial charge in [0, 0.05) is 0 Å². The van der Waals surface area contributed by atoms with Crippen molar-refractivity contribution < 1.29 is 0 Å². The highest BCUT2D eigenvalue weighted by Crippen LogP contribution is 2.69. The van der Waals surface area contributed by atoms with Crippen LogP contribution in [0.3, 0.4) is 0 Å². The average Bonchev–Trinajstić information content (AvgIpc) is 2.18. The molecule has 0 aromatic heterocycles. The summed E-state index contributed by atoms with van der Waals surface area (Å²) < 4.78 is 0. The molecule has 1 atom stereocenters. The highest BCUT2D eigenvalue weighted by molar-refractivity contribution is 5.35. The summed E-state index contributed by atoms with van der Waals surface area (Å²) in [7, 11) is 0. The molecule has 1 unspecified atom stereocenters. The first-order valence-electron chi connectivity index (χ1n) is 5.03. The van der Waals surface area contributed by atoms with Crippen molar-refractivity contribution in [2.45, 2.75) is 47.5 Å². The molecule has 0 heterocycles. The molecule has 2 aliphatic carbocycles. The van der Waals surface area contributed by atoms with E-state index in [4.69, 9.17) is 0 Å². The third kappa shape index (κ3) is 0.616. The van der Waals surface area contributed by atoms with Gasteiger partial charge in [0.1, 0.15) is 0 Å². The van der Waals surface area contributed by atoms with Gasteiger partial charge in [-0.2, -0.15) is 0 Å². The molecule has 12 heavy (non-hydrogen) atoms. The minimum Gasteiger partial charge on any atom is -0.0785 e. The van der Waals surface area contributed by atoms with Crippen LogP contribution in [0.2, 0.25) is 0 Å². The van der Waals surface area contributed by atoms with Gasteiger partial charge in [0.05, 0.1) is 0 Å². The Morgan fingerprint density at radius 3 is 1.83 bits per heavy atom. The predicted octanol–water partition coefficient (Wildman–Crippen LogP) is 3.78. The summed E-state index contributed by atoms with van der Waals surface area (Å²) in [5, 5.41) is 0. The van der Waals surface area contributed by atoms with Crippen LogP contribution in [0.15, 0.2) is 11.6 Å². The first kappa shape index (κ1) is 8.34. The lowest BCUT2D eigenvalue weighted by molar-refractivity contribution is 0.0619. The fraction of sp³-hybridized carbons (Fsp3) is 0.833. The average molecular weight is 164 g/mol. The molecule has 0 N–H and O–H groups in total. The fourth-order valence-corrected chi connectivity index (χ4v) is 3.34. The van der Waals surface area contributed by atoms with Gasteiger partial charge in [-0.3, -0.25) is 0 Å². The van der Waals surface area contributed by atoms with Crippen molar-refractivity contribution in [2.75, 3.05) is 0 Å². The Bertz CT molecular complexity index is 255. The van der Waals surface area contributed by atoms with Crippen molar-refractivity contribution in [2.24, 2.45) is 16.2 Å². The molecule has 2 rings (SSSR count). The van der Waals surface area contributed by atoms with Crippen LogP contribution in [0.4, 0.5) is 0 Å². The van der Waals surface area contributed by atoms with Gasteiger partial charge in [-0.05, 0) is 29.1 Å². The van der Waals surface area contributed by atoms with Crippen LogP contribution in [0, 0.1) is 16.2 Å². The molecule has 0 radical (unpaired) electrons. The molecular formula is C12H20. The molecule has 2 aliphatic rings.